The average molecular weight is 247 g/mol. The van der Waals surface area contributed by atoms with E-state index in [0.29, 0.717) is 13.2 Å². The number of morpholine rings is 1. The van der Waals surface area contributed by atoms with Gasteiger partial charge in [0.2, 0.25) is 0 Å². The molecule has 0 unspecified atom stereocenters. The third-order valence-electron chi connectivity index (χ3n) is 2.08. The van der Waals surface area contributed by atoms with Gasteiger partial charge < -0.3 is 19.1 Å². The molecule has 2 aliphatic heterocycles. The van der Waals surface area contributed by atoms with Gasteiger partial charge in [-0.2, -0.15) is 0 Å². The standard InChI is InChI=1S/C9H13NO3S2/c14-9(10-1-3-11-4-2-10)15-8-7-12-5-6-13-8/h7H,1-6H2. The lowest BCUT2D eigenvalue weighted by molar-refractivity contribution is 0.0701. The molecular weight excluding hydrogens is 234 g/mol. The monoisotopic (exact) mass is 247 g/mol. The molecule has 2 heterocycles. The van der Waals surface area contributed by atoms with Crippen molar-refractivity contribution in [1.29, 1.82) is 0 Å². The van der Waals surface area contributed by atoms with E-state index in [2.05, 4.69) is 4.90 Å². The zero-order valence-electron chi connectivity index (χ0n) is 8.31. The predicted molar refractivity (Wildman–Crippen MR) is 62.6 cm³/mol. The van der Waals surface area contributed by atoms with Crippen molar-refractivity contribution in [2.75, 3.05) is 39.5 Å². The van der Waals surface area contributed by atoms with Crippen molar-refractivity contribution in [3.05, 3.63) is 11.4 Å². The summed E-state index contributed by atoms with van der Waals surface area (Å²) in [5, 5.41) is 0.748. The van der Waals surface area contributed by atoms with Crippen molar-refractivity contribution in [3.63, 3.8) is 0 Å². The summed E-state index contributed by atoms with van der Waals surface area (Å²) in [7, 11) is 0. The summed E-state index contributed by atoms with van der Waals surface area (Å²) in [6.07, 6.45) is 1.63. The fourth-order valence-electron chi connectivity index (χ4n) is 1.30. The molecule has 1 fully saturated rings. The van der Waals surface area contributed by atoms with Crippen molar-refractivity contribution < 1.29 is 14.2 Å². The molecule has 1 saturated heterocycles. The minimum Gasteiger partial charge on any atom is -0.493 e. The molecule has 0 aromatic carbocycles. The van der Waals surface area contributed by atoms with Crippen molar-refractivity contribution in [3.8, 4) is 0 Å². The van der Waals surface area contributed by atoms with Gasteiger partial charge in [-0.3, -0.25) is 0 Å². The number of thioether (sulfide) groups is 1. The van der Waals surface area contributed by atoms with Gasteiger partial charge in [0.25, 0.3) is 0 Å². The van der Waals surface area contributed by atoms with Gasteiger partial charge in [0.15, 0.2) is 5.09 Å². The first-order valence-electron chi connectivity index (χ1n) is 4.85. The molecule has 0 aromatic rings. The minimum absolute atomic E-state index is 0.602. The van der Waals surface area contributed by atoms with Crippen LogP contribution in [0.1, 0.15) is 0 Å². The van der Waals surface area contributed by atoms with Crippen LogP contribution >= 0.6 is 24.0 Å². The zero-order chi connectivity index (χ0) is 10.5. The number of thiocarbonyl (C=S) groups is 1. The van der Waals surface area contributed by atoms with Crippen molar-refractivity contribution in [2.24, 2.45) is 0 Å². The molecule has 0 atom stereocenters. The highest BCUT2D eigenvalue weighted by Crippen LogP contribution is 2.23. The number of hydrogen-bond acceptors (Lipinski definition) is 5. The van der Waals surface area contributed by atoms with Crippen LogP contribution < -0.4 is 0 Å². The summed E-state index contributed by atoms with van der Waals surface area (Å²) < 4.78 is 16.6. The molecule has 0 amide bonds. The van der Waals surface area contributed by atoms with Gasteiger partial charge in [0.1, 0.15) is 23.8 Å². The molecule has 0 saturated carbocycles. The minimum atomic E-state index is 0.602. The summed E-state index contributed by atoms with van der Waals surface area (Å²) in [4.78, 5) is 2.13. The van der Waals surface area contributed by atoms with E-state index in [1.807, 2.05) is 0 Å². The van der Waals surface area contributed by atoms with E-state index in [1.54, 1.807) is 6.26 Å². The summed E-state index contributed by atoms with van der Waals surface area (Å²) >= 11 is 6.75. The van der Waals surface area contributed by atoms with Gasteiger partial charge in [0.05, 0.1) is 13.2 Å². The van der Waals surface area contributed by atoms with Crippen LogP contribution in [0.5, 0.6) is 0 Å². The molecule has 0 radical (unpaired) electrons. The fourth-order valence-corrected chi connectivity index (χ4v) is 2.47. The molecule has 0 spiro atoms. The Morgan fingerprint density at radius 2 is 2.07 bits per heavy atom. The normalized spacial score (nSPS) is 21.3. The second-order valence-corrected chi connectivity index (χ2v) is 4.76. The van der Waals surface area contributed by atoms with E-state index in [0.717, 1.165) is 35.7 Å². The first-order chi connectivity index (χ1) is 7.36. The lowest BCUT2D eigenvalue weighted by atomic mass is 10.5. The van der Waals surface area contributed by atoms with Gasteiger partial charge in [0, 0.05) is 13.1 Å². The Kier molecular flexibility index (Phi) is 4.10. The van der Waals surface area contributed by atoms with Gasteiger partial charge in [-0.05, 0) is 11.8 Å². The lowest BCUT2D eigenvalue weighted by Gasteiger charge is -2.29. The lowest BCUT2D eigenvalue weighted by Crippen LogP contribution is -2.38. The Labute approximate surface area is 98.5 Å². The second-order valence-electron chi connectivity index (χ2n) is 3.12. The summed E-state index contributed by atoms with van der Waals surface area (Å²) in [6, 6.07) is 0. The van der Waals surface area contributed by atoms with Crippen molar-refractivity contribution >= 4 is 28.3 Å². The first kappa shape index (κ1) is 11.0. The van der Waals surface area contributed by atoms with Crippen LogP contribution in [-0.2, 0) is 14.2 Å². The number of nitrogens with zero attached hydrogens (tertiary/aromatic N) is 1. The van der Waals surface area contributed by atoms with Crippen LogP contribution in [0.25, 0.3) is 0 Å². The smallest absolute Gasteiger partial charge is 0.195 e. The number of ether oxygens (including phenoxy) is 3. The van der Waals surface area contributed by atoms with Gasteiger partial charge >= 0.3 is 0 Å². The van der Waals surface area contributed by atoms with E-state index in [9.17, 15) is 0 Å². The van der Waals surface area contributed by atoms with E-state index in [1.165, 1.54) is 11.8 Å². The van der Waals surface area contributed by atoms with Crippen LogP contribution in [0.4, 0.5) is 0 Å². The molecule has 0 aromatic heterocycles. The molecule has 15 heavy (non-hydrogen) atoms. The van der Waals surface area contributed by atoms with E-state index in [-0.39, 0.29) is 0 Å². The molecule has 0 bridgehead atoms. The number of hydrogen-bond donors (Lipinski definition) is 0. The quantitative estimate of drug-likeness (QED) is 0.647. The Morgan fingerprint density at radius 1 is 1.27 bits per heavy atom. The largest absolute Gasteiger partial charge is 0.493 e. The molecule has 2 aliphatic rings. The topological polar surface area (TPSA) is 30.9 Å². The van der Waals surface area contributed by atoms with E-state index >= 15 is 0 Å². The van der Waals surface area contributed by atoms with Crippen LogP contribution in [0.3, 0.4) is 0 Å². The van der Waals surface area contributed by atoms with Gasteiger partial charge in [-0.25, -0.2) is 0 Å². The van der Waals surface area contributed by atoms with E-state index < -0.39 is 0 Å². The SMILES string of the molecule is S=C(SC1=COCCO1)N1CCOCC1. The molecule has 4 nitrogen and oxygen atoms in total. The summed E-state index contributed by atoms with van der Waals surface area (Å²) in [6.45, 7) is 4.44. The molecular formula is C9H13NO3S2. The predicted octanol–water partition coefficient (Wildman–Crippen LogP) is 1.18. The maximum atomic E-state index is 5.39. The summed E-state index contributed by atoms with van der Waals surface area (Å²) in [5.74, 6) is 0. The number of rotatable bonds is 1. The fraction of sp³-hybridized carbons (Fsp3) is 0.667. The third-order valence-corrected chi connectivity index (χ3v) is 3.44. The Balaban J connectivity index is 1.82. The summed E-state index contributed by atoms with van der Waals surface area (Å²) in [5.41, 5.74) is 0. The zero-order valence-corrected chi connectivity index (χ0v) is 9.94. The Bertz CT molecular complexity index is 264. The molecule has 0 N–H and O–H groups in total. The van der Waals surface area contributed by atoms with Crippen molar-refractivity contribution in [1.82, 2.24) is 4.90 Å². The molecule has 6 heteroatoms. The second kappa shape index (κ2) is 5.58. The Morgan fingerprint density at radius 3 is 2.73 bits per heavy atom. The molecule has 84 valence electrons. The van der Waals surface area contributed by atoms with Crippen LogP contribution in [0, 0.1) is 0 Å². The average Bonchev–Trinajstić information content (AvgIpc) is 2.31. The van der Waals surface area contributed by atoms with Gasteiger partial charge in [-0.1, -0.05) is 12.2 Å². The highest BCUT2D eigenvalue weighted by atomic mass is 32.2. The van der Waals surface area contributed by atoms with Crippen molar-refractivity contribution in [2.45, 2.75) is 0 Å². The highest BCUT2D eigenvalue weighted by molar-refractivity contribution is 8.25. The molecule has 0 aliphatic carbocycles. The van der Waals surface area contributed by atoms with Crippen LogP contribution in [0.2, 0.25) is 0 Å². The highest BCUT2D eigenvalue weighted by Gasteiger charge is 2.17. The molecule has 2 rings (SSSR count). The third kappa shape index (κ3) is 3.25. The maximum Gasteiger partial charge on any atom is 0.195 e. The first-order valence-corrected chi connectivity index (χ1v) is 6.08. The maximum absolute atomic E-state index is 5.39. The Hall–Kier alpha value is -0.460. The van der Waals surface area contributed by atoms with Gasteiger partial charge in [-0.15, -0.1) is 0 Å². The van der Waals surface area contributed by atoms with Crippen LogP contribution in [-0.4, -0.2) is 48.7 Å². The van der Waals surface area contributed by atoms with Crippen LogP contribution in [0.15, 0.2) is 11.4 Å². The van der Waals surface area contributed by atoms with E-state index in [4.69, 9.17) is 26.4 Å².